The van der Waals surface area contributed by atoms with Crippen molar-refractivity contribution in [2.24, 2.45) is 0 Å². The molecule has 0 radical (unpaired) electrons. The molecule has 0 saturated carbocycles. The van der Waals surface area contributed by atoms with Crippen molar-refractivity contribution in [3.63, 3.8) is 0 Å². The molecule has 0 fully saturated rings. The summed E-state index contributed by atoms with van der Waals surface area (Å²) in [7, 11) is 2.03. The Morgan fingerprint density at radius 2 is 1.61 bits per heavy atom. The van der Waals surface area contributed by atoms with Crippen LogP contribution in [0.15, 0.2) is 73.1 Å². The maximum absolute atomic E-state index is 5.90. The Kier molecular flexibility index (Phi) is 4.94. The predicted molar refractivity (Wildman–Crippen MR) is 94.0 cm³/mol. The second-order valence-electron chi connectivity index (χ2n) is 5.35. The molecular formula is C19H18BNO2. The zero-order chi connectivity index (χ0) is 15.9. The minimum atomic E-state index is 0.497. The molecule has 0 spiro atoms. The summed E-state index contributed by atoms with van der Waals surface area (Å²) >= 11 is 0. The molecule has 3 rings (SSSR count). The standard InChI is InChI=1S/C19H18BNO2/c20-18-9-8-17(22-13-15-5-2-1-3-6-15)11-19(18)23-14-16-7-4-10-21-12-16/h1-12H,13-14,20H2. The van der Waals surface area contributed by atoms with Crippen LogP contribution in [-0.2, 0) is 13.2 Å². The fourth-order valence-electron chi connectivity index (χ4n) is 2.21. The van der Waals surface area contributed by atoms with Crippen molar-refractivity contribution < 1.29 is 9.47 Å². The van der Waals surface area contributed by atoms with Gasteiger partial charge >= 0.3 is 0 Å². The van der Waals surface area contributed by atoms with Gasteiger partial charge in [-0.15, -0.1) is 0 Å². The Bertz CT molecular complexity index is 748. The van der Waals surface area contributed by atoms with Crippen LogP contribution in [0.5, 0.6) is 11.5 Å². The first kappa shape index (κ1) is 15.2. The molecule has 23 heavy (non-hydrogen) atoms. The van der Waals surface area contributed by atoms with Crippen molar-refractivity contribution in [1.82, 2.24) is 4.98 Å². The van der Waals surface area contributed by atoms with E-state index in [1.54, 1.807) is 6.20 Å². The highest BCUT2D eigenvalue weighted by molar-refractivity contribution is 6.34. The van der Waals surface area contributed by atoms with Gasteiger partial charge in [0.1, 0.15) is 32.6 Å². The Balaban J connectivity index is 1.64. The van der Waals surface area contributed by atoms with E-state index < -0.39 is 0 Å². The summed E-state index contributed by atoms with van der Waals surface area (Å²) in [4.78, 5) is 4.10. The lowest BCUT2D eigenvalue weighted by Crippen LogP contribution is -2.09. The van der Waals surface area contributed by atoms with E-state index in [0.717, 1.165) is 28.1 Å². The molecule has 0 bridgehead atoms. The van der Waals surface area contributed by atoms with E-state index >= 15 is 0 Å². The minimum Gasteiger partial charge on any atom is -0.489 e. The van der Waals surface area contributed by atoms with Gasteiger partial charge in [0, 0.05) is 24.0 Å². The molecule has 0 N–H and O–H groups in total. The SMILES string of the molecule is Bc1ccc(OCc2ccccc2)cc1OCc1cccnc1. The van der Waals surface area contributed by atoms with Gasteiger partial charge in [-0.05, 0) is 23.2 Å². The molecule has 3 nitrogen and oxygen atoms in total. The lowest BCUT2D eigenvalue weighted by Gasteiger charge is -2.12. The van der Waals surface area contributed by atoms with Gasteiger partial charge in [0.05, 0.1) is 0 Å². The summed E-state index contributed by atoms with van der Waals surface area (Å²) < 4.78 is 11.7. The monoisotopic (exact) mass is 303 g/mol. The quantitative estimate of drug-likeness (QED) is 0.656. The summed E-state index contributed by atoms with van der Waals surface area (Å²) in [6.45, 7) is 1.04. The van der Waals surface area contributed by atoms with Crippen molar-refractivity contribution in [3.8, 4) is 11.5 Å². The van der Waals surface area contributed by atoms with Crippen LogP contribution in [0.3, 0.4) is 0 Å². The van der Waals surface area contributed by atoms with E-state index in [0.29, 0.717) is 13.2 Å². The maximum atomic E-state index is 5.90. The lowest BCUT2D eigenvalue weighted by atomic mass is 9.95. The molecule has 0 unspecified atom stereocenters. The normalized spacial score (nSPS) is 10.3. The largest absolute Gasteiger partial charge is 0.489 e. The number of nitrogens with zero attached hydrogens (tertiary/aromatic N) is 1. The first-order valence-electron chi connectivity index (χ1n) is 7.60. The Morgan fingerprint density at radius 3 is 2.39 bits per heavy atom. The number of hydrogen-bond donors (Lipinski definition) is 0. The average molecular weight is 303 g/mol. The minimum absolute atomic E-state index is 0.497. The summed E-state index contributed by atoms with van der Waals surface area (Å²) in [5.74, 6) is 1.64. The predicted octanol–water partition coefficient (Wildman–Crippen LogP) is 2.50. The van der Waals surface area contributed by atoms with Gasteiger partial charge < -0.3 is 9.47 Å². The number of rotatable bonds is 6. The smallest absolute Gasteiger partial charge is 0.144 e. The second kappa shape index (κ2) is 7.50. The van der Waals surface area contributed by atoms with Crippen LogP contribution in [0.25, 0.3) is 0 Å². The molecule has 4 heteroatoms. The van der Waals surface area contributed by atoms with Crippen LogP contribution in [0.4, 0.5) is 0 Å². The molecule has 3 aromatic rings. The van der Waals surface area contributed by atoms with Crippen LogP contribution in [0, 0.1) is 0 Å². The van der Waals surface area contributed by atoms with Crippen molar-refractivity contribution >= 4 is 13.3 Å². The average Bonchev–Trinajstić information content (AvgIpc) is 2.62. The maximum Gasteiger partial charge on any atom is 0.144 e. The number of aromatic nitrogens is 1. The first-order chi connectivity index (χ1) is 11.3. The third kappa shape index (κ3) is 4.36. The molecule has 114 valence electrons. The number of hydrogen-bond acceptors (Lipinski definition) is 3. The van der Waals surface area contributed by atoms with Crippen molar-refractivity contribution in [2.75, 3.05) is 0 Å². The summed E-state index contributed by atoms with van der Waals surface area (Å²) in [6.07, 6.45) is 3.57. The molecule has 0 aliphatic heterocycles. The van der Waals surface area contributed by atoms with Gasteiger partial charge in [-0.25, -0.2) is 0 Å². The van der Waals surface area contributed by atoms with Crippen LogP contribution in [-0.4, -0.2) is 12.8 Å². The topological polar surface area (TPSA) is 31.4 Å². The molecular weight excluding hydrogens is 285 g/mol. The van der Waals surface area contributed by atoms with Gasteiger partial charge in [-0.1, -0.05) is 42.5 Å². The van der Waals surface area contributed by atoms with Gasteiger partial charge in [0.25, 0.3) is 0 Å². The highest BCUT2D eigenvalue weighted by Crippen LogP contribution is 2.19. The van der Waals surface area contributed by atoms with E-state index in [9.17, 15) is 0 Å². The van der Waals surface area contributed by atoms with Crippen LogP contribution in [0.2, 0.25) is 0 Å². The van der Waals surface area contributed by atoms with Crippen LogP contribution in [0.1, 0.15) is 11.1 Å². The Hall–Kier alpha value is -2.75. The molecule has 0 aliphatic rings. The van der Waals surface area contributed by atoms with Gasteiger partial charge in [-0.3, -0.25) is 4.98 Å². The number of ether oxygens (including phenoxy) is 2. The third-order valence-corrected chi connectivity index (χ3v) is 3.53. The fraction of sp³-hybridized carbons (Fsp3) is 0.105. The summed E-state index contributed by atoms with van der Waals surface area (Å²) in [6, 6.07) is 19.9. The van der Waals surface area contributed by atoms with E-state index in [4.69, 9.17) is 9.47 Å². The molecule has 0 amide bonds. The Labute approximate surface area is 137 Å². The first-order valence-corrected chi connectivity index (χ1v) is 7.60. The van der Waals surface area contributed by atoms with Crippen LogP contribution >= 0.6 is 0 Å². The van der Waals surface area contributed by atoms with Crippen molar-refractivity contribution in [3.05, 3.63) is 84.2 Å². The molecule has 2 aromatic carbocycles. The fourth-order valence-corrected chi connectivity index (χ4v) is 2.21. The lowest BCUT2D eigenvalue weighted by molar-refractivity contribution is 0.291. The van der Waals surface area contributed by atoms with E-state index in [2.05, 4.69) is 4.98 Å². The second-order valence-corrected chi connectivity index (χ2v) is 5.35. The van der Waals surface area contributed by atoms with Gasteiger partial charge in [0.15, 0.2) is 0 Å². The molecule has 1 aromatic heterocycles. The highest BCUT2D eigenvalue weighted by Gasteiger charge is 2.04. The summed E-state index contributed by atoms with van der Waals surface area (Å²) in [5.41, 5.74) is 3.27. The summed E-state index contributed by atoms with van der Waals surface area (Å²) in [5, 5.41) is 0. The molecule has 0 aliphatic carbocycles. The van der Waals surface area contributed by atoms with Gasteiger partial charge in [-0.2, -0.15) is 0 Å². The zero-order valence-electron chi connectivity index (χ0n) is 13.1. The highest BCUT2D eigenvalue weighted by atomic mass is 16.5. The van der Waals surface area contributed by atoms with E-state index in [1.807, 2.05) is 74.7 Å². The molecule has 1 heterocycles. The van der Waals surface area contributed by atoms with Crippen molar-refractivity contribution in [2.45, 2.75) is 13.2 Å². The van der Waals surface area contributed by atoms with Gasteiger partial charge in [0.2, 0.25) is 0 Å². The van der Waals surface area contributed by atoms with E-state index in [-0.39, 0.29) is 0 Å². The zero-order valence-corrected chi connectivity index (χ0v) is 13.1. The van der Waals surface area contributed by atoms with Crippen LogP contribution < -0.4 is 14.9 Å². The Morgan fingerprint density at radius 1 is 0.826 bits per heavy atom. The third-order valence-electron chi connectivity index (χ3n) is 3.53. The number of benzene rings is 2. The molecule has 0 saturated heterocycles. The number of pyridine rings is 1. The van der Waals surface area contributed by atoms with E-state index in [1.165, 1.54) is 0 Å². The van der Waals surface area contributed by atoms with Crippen molar-refractivity contribution in [1.29, 1.82) is 0 Å². The molecule has 0 atom stereocenters.